The SMILES string of the molecule is CCc1nc2nc(N3CCCC3)nn2c(NN)c1C. The van der Waals surface area contributed by atoms with Crippen LogP contribution >= 0.6 is 0 Å². The second-order valence-electron chi connectivity index (χ2n) is 4.85. The maximum atomic E-state index is 5.62. The molecule has 0 aliphatic carbocycles. The molecule has 3 N–H and O–H groups in total. The van der Waals surface area contributed by atoms with Gasteiger partial charge in [0.2, 0.25) is 5.95 Å². The molecular formula is C12H19N7. The Labute approximate surface area is 111 Å². The number of aryl methyl sites for hydroxylation is 1. The van der Waals surface area contributed by atoms with Crippen molar-refractivity contribution in [2.75, 3.05) is 23.4 Å². The minimum Gasteiger partial charge on any atom is -0.339 e. The van der Waals surface area contributed by atoms with Crippen LogP contribution in [-0.4, -0.2) is 32.7 Å². The molecule has 1 fully saturated rings. The molecule has 0 spiro atoms. The second kappa shape index (κ2) is 4.65. The van der Waals surface area contributed by atoms with Crippen molar-refractivity contribution in [1.29, 1.82) is 0 Å². The van der Waals surface area contributed by atoms with Gasteiger partial charge >= 0.3 is 0 Å². The van der Waals surface area contributed by atoms with E-state index >= 15 is 0 Å². The first kappa shape index (κ1) is 12.2. The van der Waals surface area contributed by atoms with E-state index in [1.165, 1.54) is 12.8 Å². The summed E-state index contributed by atoms with van der Waals surface area (Å²) in [5, 5.41) is 4.53. The molecule has 1 aliphatic rings. The van der Waals surface area contributed by atoms with E-state index in [1.807, 2.05) is 6.92 Å². The van der Waals surface area contributed by atoms with Gasteiger partial charge < -0.3 is 10.3 Å². The molecule has 1 saturated heterocycles. The normalized spacial score (nSPS) is 15.4. The van der Waals surface area contributed by atoms with Crippen molar-refractivity contribution in [2.45, 2.75) is 33.1 Å². The van der Waals surface area contributed by atoms with Crippen molar-refractivity contribution in [3.63, 3.8) is 0 Å². The fourth-order valence-electron chi connectivity index (χ4n) is 2.58. The molecule has 19 heavy (non-hydrogen) atoms. The molecule has 3 rings (SSSR count). The maximum absolute atomic E-state index is 5.62. The standard InChI is InChI=1S/C12H19N7/c1-3-9-8(2)10(16-13)19-11(14-9)15-12(17-19)18-6-4-5-7-18/h16H,3-7,13H2,1-2H3. The van der Waals surface area contributed by atoms with Crippen LogP contribution in [0, 0.1) is 6.92 Å². The predicted octanol–water partition coefficient (Wildman–Crippen LogP) is 0.881. The number of anilines is 2. The topological polar surface area (TPSA) is 84.4 Å². The van der Waals surface area contributed by atoms with Gasteiger partial charge in [0, 0.05) is 18.7 Å². The highest BCUT2D eigenvalue weighted by Gasteiger charge is 2.20. The lowest BCUT2D eigenvalue weighted by Crippen LogP contribution is -2.19. The van der Waals surface area contributed by atoms with Gasteiger partial charge in [0.05, 0.1) is 5.69 Å². The van der Waals surface area contributed by atoms with Crippen LogP contribution in [0.25, 0.3) is 5.78 Å². The highest BCUT2D eigenvalue weighted by molar-refractivity contribution is 5.54. The fraction of sp³-hybridized carbons (Fsp3) is 0.583. The van der Waals surface area contributed by atoms with Crippen molar-refractivity contribution in [3.05, 3.63) is 11.3 Å². The molecule has 7 nitrogen and oxygen atoms in total. The van der Waals surface area contributed by atoms with Crippen molar-refractivity contribution in [3.8, 4) is 0 Å². The first-order valence-electron chi connectivity index (χ1n) is 6.72. The predicted molar refractivity (Wildman–Crippen MR) is 74.2 cm³/mol. The molecule has 1 aliphatic heterocycles. The number of nitrogens with one attached hydrogen (secondary N) is 1. The molecule has 3 heterocycles. The monoisotopic (exact) mass is 261 g/mol. The molecule has 0 radical (unpaired) electrons. The van der Waals surface area contributed by atoms with E-state index in [4.69, 9.17) is 5.84 Å². The number of hydrogen-bond donors (Lipinski definition) is 2. The molecule has 2 aromatic heterocycles. The smallest absolute Gasteiger partial charge is 0.256 e. The summed E-state index contributed by atoms with van der Waals surface area (Å²) in [6.45, 7) is 6.10. The Morgan fingerprint density at radius 1 is 1.26 bits per heavy atom. The minimum absolute atomic E-state index is 0.609. The van der Waals surface area contributed by atoms with Crippen molar-refractivity contribution < 1.29 is 0 Å². The molecule has 0 amide bonds. The highest BCUT2D eigenvalue weighted by Crippen LogP contribution is 2.22. The molecule has 0 atom stereocenters. The third-order valence-electron chi connectivity index (χ3n) is 3.67. The van der Waals surface area contributed by atoms with Crippen molar-refractivity contribution in [1.82, 2.24) is 19.6 Å². The van der Waals surface area contributed by atoms with E-state index in [1.54, 1.807) is 4.52 Å². The number of aromatic nitrogens is 4. The minimum atomic E-state index is 0.609. The van der Waals surface area contributed by atoms with Crippen LogP contribution in [0.4, 0.5) is 11.8 Å². The Hall–Kier alpha value is -1.89. The summed E-state index contributed by atoms with van der Waals surface area (Å²) < 4.78 is 1.70. The molecule has 0 saturated carbocycles. The highest BCUT2D eigenvalue weighted by atomic mass is 15.5. The largest absolute Gasteiger partial charge is 0.339 e. The van der Waals surface area contributed by atoms with Gasteiger partial charge in [0.1, 0.15) is 5.82 Å². The Balaban J connectivity index is 2.15. The number of nitrogens with two attached hydrogens (primary N) is 1. The van der Waals surface area contributed by atoms with Gasteiger partial charge in [-0.25, -0.2) is 10.8 Å². The van der Waals surface area contributed by atoms with Gasteiger partial charge in [0.25, 0.3) is 5.78 Å². The van der Waals surface area contributed by atoms with Gasteiger partial charge in [-0.3, -0.25) is 0 Å². The quantitative estimate of drug-likeness (QED) is 0.630. The molecule has 7 heteroatoms. The molecule has 0 bridgehead atoms. The third-order valence-corrected chi connectivity index (χ3v) is 3.67. The van der Waals surface area contributed by atoms with Crippen LogP contribution in [0.3, 0.4) is 0 Å². The zero-order chi connectivity index (χ0) is 13.4. The molecule has 102 valence electrons. The van der Waals surface area contributed by atoms with Gasteiger partial charge in [-0.15, -0.1) is 5.10 Å². The van der Waals surface area contributed by atoms with Gasteiger partial charge in [0.15, 0.2) is 0 Å². The lowest BCUT2D eigenvalue weighted by atomic mass is 10.2. The van der Waals surface area contributed by atoms with E-state index in [-0.39, 0.29) is 0 Å². The Morgan fingerprint density at radius 3 is 2.63 bits per heavy atom. The Morgan fingerprint density at radius 2 is 2.00 bits per heavy atom. The van der Waals surface area contributed by atoms with E-state index in [2.05, 4.69) is 32.3 Å². The van der Waals surface area contributed by atoms with Crippen LogP contribution in [0.15, 0.2) is 0 Å². The summed E-state index contributed by atoms with van der Waals surface area (Å²) in [4.78, 5) is 11.3. The first-order chi connectivity index (χ1) is 9.24. The number of fused-ring (bicyclic) bond motifs is 1. The van der Waals surface area contributed by atoms with Gasteiger partial charge in [-0.1, -0.05) is 6.92 Å². The lowest BCUT2D eigenvalue weighted by molar-refractivity contribution is 0.859. The lowest BCUT2D eigenvalue weighted by Gasteiger charge is -2.11. The molecule has 2 aromatic rings. The summed E-state index contributed by atoms with van der Waals surface area (Å²) in [7, 11) is 0. The van der Waals surface area contributed by atoms with Crippen LogP contribution in [0.2, 0.25) is 0 Å². The average Bonchev–Trinajstić information content (AvgIpc) is 3.06. The molecule has 0 unspecified atom stereocenters. The number of hydrazine groups is 1. The van der Waals surface area contributed by atoms with Gasteiger partial charge in [-0.2, -0.15) is 9.50 Å². The van der Waals surface area contributed by atoms with Crippen LogP contribution in [0.1, 0.15) is 31.0 Å². The zero-order valence-electron chi connectivity index (χ0n) is 11.3. The number of nitrogens with zero attached hydrogens (tertiary/aromatic N) is 5. The number of hydrogen-bond acceptors (Lipinski definition) is 6. The van der Waals surface area contributed by atoms with E-state index in [9.17, 15) is 0 Å². The third kappa shape index (κ3) is 1.90. The Kier molecular flexibility index (Phi) is 2.98. The summed E-state index contributed by atoms with van der Waals surface area (Å²) in [6, 6.07) is 0. The number of rotatable bonds is 3. The summed E-state index contributed by atoms with van der Waals surface area (Å²) >= 11 is 0. The zero-order valence-corrected chi connectivity index (χ0v) is 11.3. The van der Waals surface area contributed by atoms with E-state index in [0.29, 0.717) is 5.78 Å². The van der Waals surface area contributed by atoms with E-state index < -0.39 is 0 Å². The van der Waals surface area contributed by atoms with Gasteiger partial charge in [-0.05, 0) is 26.2 Å². The van der Waals surface area contributed by atoms with Crippen LogP contribution in [-0.2, 0) is 6.42 Å². The molecular weight excluding hydrogens is 242 g/mol. The van der Waals surface area contributed by atoms with Crippen molar-refractivity contribution >= 4 is 17.5 Å². The number of nitrogen functional groups attached to an aromatic ring is 1. The fourth-order valence-corrected chi connectivity index (χ4v) is 2.58. The Bertz CT molecular complexity index is 598. The summed E-state index contributed by atoms with van der Waals surface area (Å²) in [6.07, 6.45) is 3.25. The summed E-state index contributed by atoms with van der Waals surface area (Å²) in [5.74, 6) is 7.74. The second-order valence-corrected chi connectivity index (χ2v) is 4.85. The van der Waals surface area contributed by atoms with Crippen LogP contribution in [0.5, 0.6) is 0 Å². The van der Waals surface area contributed by atoms with Crippen molar-refractivity contribution in [2.24, 2.45) is 5.84 Å². The van der Waals surface area contributed by atoms with E-state index in [0.717, 1.165) is 42.5 Å². The first-order valence-corrected chi connectivity index (χ1v) is 6.72. The average molecular weight is 261 g/mol. The van der Waals surface area contributed by atoms with Crippen LogP contribution < -0.4 is 16.2 Å². The summed E-state index contributed by atoms with van der Waals surface area (Å²) in [5.41, 5.74) is 4.74. The molecule has 0 aromatic carbocycles. The maximum Gasteiger partial charge on any atom is 0.256 e.